The first-order valence-electron chi connectivity index (χ1n) is 12.2. The van der Waals surface area contributed by atoms with Gasteiger partial charge in [-0.2, -0.15) is 0 Å². The largest absolute Gasteiger partial charge is 0.465 e. The van der Waals surface area contributed by atoms with E-state index in [9.17, 15) is 14.4 Å². The Morgan fingerprint density at radius 2 is 1.74 bits per heavy atom. The topological polar surface area (TPSA) is 83.9 Å². The van der Waals surface area contributed by atoms with Crippen molar-refractivity contribution >= 4 is 33.8 Å². The fourth-order valence-corrected chi connectivity index (χ4v) is 3.89. The molecule has 0 aliphatic heterocycles. The van der Waals surface area contributed by atoms with Gasteiger partial charge in [-0.15, -0.1) is 0 Å². The number of carbonyl (C=O) groups is 3. The van der Waals surface area contributed by atoms with Crippen LogP contribution in [-0.2, 0) is 27.4 Å². The number of aromatic nitrogens is 1. The van der Waals surface area contributed by atoms with Crippen molar-refractivity contribution < 1.29 is 19.1 Å². The van der Waals surface area contributed by atoms with Crippen molar-refractivity contribution in [3.8, 4) is 0 Å². The predicted octanol–water partition coefficient (Wildman–Crippen LogP) is 4.41. The number of rotatable bonds is 14. The molecule has 2 aromatic rings. The van der Waals surface area contributed by atoms with Gasteiger partial charge in [0.15, 0.2) is 0 Å². The number of carbonyl (C=O) groups excluding carboxylic acids is 3. The third-order valence-corrected chi connectivity index (χ3v) is 6.00. The van der Waals surface area contributed by atoms with E-state index in [4.69, 9.17) is 4.74 Å². The second-order valence-electron chi connectivity index (χ2n) is 8.31. The summed E-state index contributed by atoms with van der Waals surface area (Å²) in [7, 11) is 0. The Labute approximate surface area is 216 Å². The number of halogens is 1. The molecule has 0 fully saturated rings. The number of ether oxygens (including phenoxy) is 1. The van der Waals surface area contributed by atoms with Gasteiger partial charge in [-0.3, -0.25) is 9.59 Å². The minimum absolute atomic E-state index is 0.0420. The molecular formula is C26H37BrN4O4. The zero-order chi connectivity index (χ0) is 25.6. The Morgan fingerprint density at radius 1 is 1.00 bits per heavy atom. The molecule has 9 heteroatoms. The van der Waals surface area contributed by atoms with E-state index in [1.807, 2.05) is 42.3 Å². The molecule has 1 N–H and O–H groups in total. The molecule has 0 unspecified atom stereocenters. The van der Waals surface area contributed by atoms with Gasteiger partial charge >= 0.3 is 12.0 Å². The maximum absolute atomic E-state index is 13.3. The van der Waals surface area contributed by atoms with Crippen molar-refractivity contribution in [2.45, 2.75) is 53.1 Å². The van der Waals surface area contributed by atoms with Gasteiger partial charge in [-0.1, -0.05) is 48.3 Å². The molecule has 0 saturated carbocycles. The van der Waals surface area contributed by atoms with Crippen molar-refractivity contribution in [3.63, 3.8) is 0 Å². The van der Waals surface area contributed by atoms with Gasteiger partial charge in [-0.05, 0) is 49.6 Å². The van der Waals surface area contributed by atoms with E-state index in [2.05, 4.69) is 44.9 Å². The summed E-state index contributed by atoms with van der Waals surface area (Å²) in [6.45, 7) is 7.94. The van der Waals surface area contributed by atoms with Gasteiger partial charge in [0.25, 0.3) is 0 Å². The summed E-state index contributed by atoms with van der Waals surface area (Å²) in [5, 5.41) is 2.56. The Bertz CT molecular complexity index is 945. The van der Waals surface area contributed by atoms with E-state index in [1.165, 1.54) is 10.5 Å². The first-order chi connectivity index (χ1) is 16.9. The van der Waals surface area contributed by atoms with Gasteiger partial charge < -0.3 is 24.4 Å². The number of nitrogens with zero attached hydrogens (tertiary/aromatic N) is 3. The molecule has 0 aliphatic carbocycles. The van der Waals surface area contributed by atoms with Crippen molar-refractivity contribution in [1.29, 1.82) is 0 Å². The minimum Gasteiger partial charge on any atom is -0.465 e. The molecular weight excluding hydrogens is 512 g/mol. The normalized spacial score (nSPS) is 10.6. The van der Waals surface area contributed by atoms with Gasteiger partial charge in [0, 0.05) is 36.0 Å². The molecule has 0 saturated heterocycles. The van der Waals surface area contributed by atoms with E-state index in [-0.39, 0.29) is 25.6 Å². The number of urea groups is 1. The fraction of sp³-hybridized carbons (Fsp3) is 0.500. The number of benzene rings is 1. The molecule has 0 bridgehead atoms. The molecule has 3 amide bonds. The van der Waals surface area contributed by atoms with Crippen LogP contribution in [0.25, 0.3) is 0 Å². The summed E-state index contributed by atoms with van der Waals surface area (Å²) < 4.78 is 8.04. The third kappa shape index (κ3) is 9.76. The van der Waals surface area contributed by atoms with E-state index in [1.54, 1.807) is 6.92 Å². The van der Waals surface area contributed by atoms with Gasteiger partial charge in [0.1, 0.15) is 13.1 Å². The highest BCUT2D eigenvalue weighted by Crippen LogP contribution is 2.15. The van der Waals surface area contributed by atoms with Crippen LogP contribution >= 0.6 is 15.9 Å². The van der Waals surface area contributed by atoms with Crippen LogP contribution in [0.15, 0.2) is 47.1 Å². The fourth-order valence-electron chi connectivity index (χ4n) is 3.63. The zero-order valence-corrected chi connectivity index (χ0v) is 22.6. The lowest BCUT2D eigenvalue weighted by Gasteiger charge is -2.28. The molecule has 1 aromatic heterocycles. The molecule has 1 aromatic carbocycles. The number of unbranched alkanes of at least 4 members (excludes halogenated alkanes) is 1. The van der Waals surface area contributed by atoms with Crippen LogP contribution in [0.3, 0.4) is 0 Å². The summed E-state index contributed by atoms with van der Waals surface area (Å²) in [4.78, 5) is 40.8. The summed E-state index contributed by atoms with van der Waals surface area (Å²) in [5.74, 6) is -0.616. The van der Waals surface area contributed by atoms with Crippen LogP contribution in [0.4, 0.5) is 4.79 Å². The second kappa shape index (κ2) is 15.2. The first kappa shape index (κ1) is 28.4. The lowest BCUT2D eigenvalue weighted by molar-refractivity contribution is -0.141. The predicted molar refractivity (Wildman–Crippen MR) is 140 cm³/mol. The van der Waals surface area contributed by atoms with Crippen molar-refractivity contribution in [3.05, 3.63) is 58.3 Å². The highest BCUT2D eigenvalue weighted by Gasteiger charge is 2.22. The van der Waals surface area contributed by atoms with Gasteiger partial charge in [-0.25, -0.2) is 4.79 Å². The van der Waals surface area contributed by atoms with Gasteiger partial charge in [0.05, 0.1) is 13.2 Å². The van der Waals surface area contributed by atoms with Crippen molar-refractivity contribution in [2.75, 3.05) is 32.8 Å². The maximum atomic E-state index is 13.3. The zero-order valence-electron chi connectivity index (χ0n) is 21.0. The molecule has 35 heavy (non-hydrogen) atoms. The second-order valence-corrected chi connectivity index (χ2v) is 9.22. The summed E-state index contributed by atoms with van der Waals surface area (Å²) in [5.41, 5.74) is 2.20. The van der Waals surface area contributed by atoms with E-state index in [0.717, 1.165) is 23.0 Å². The lowest BCUT2D eigenvalue weighted by Crippen LogP contribution is -2.48. The van der Waals surface area contributed by atoms with Crippen LogP contribution in [-0.4, -0.2) is 65.1 Å². The van der Waals surface area contributed by atoms with E-state index < -0.39 is 12.0 Å². The highest BCUT2D eigenvalue weighted by molar-refractivity contribution is 9.10. The number of amides is 3. The van der Waals surface area contributed by atoms with Crippen LogP contribution in [0.5, 0.6) is 0 Å². The van der Waals surface area contributed by atoms with Crippen LogP contribution < -0.4 is 5.32 Å². The molecule has 1 heterocycles. The third-order valence-electron chi connectivity index (χ3n) is 5.47. The summed E-state index contributed by atoms with van der Waals surface area (Å²) >= 11 is 3.47. The quantitative estimate of drug-likeness (QED) is 0.354. The lowest BCUT2D eigenvalue weighted by atomic mass is 10.2. The maximum Gasteiger partial charge on any atom is 0.325 e. The van der Waals surface area contributed by atoms with Crippen LogP contribution in [0, 0.1) is 0 Å². The Balaban J connectivity index is 2.08. The number of hydrogen-bond donors (Lipinski definition) is 1. The monoisotopic (exact) mass is 548 g/mol. The highest BCUT2D eigenvalue weighted by atomic mass is 79.9. The van der Waals surface area contributed by atoms with Gasteiger partial charge in [0.2, 0.25) is 5.91 Å². The number of esters is 1. The van der Waals surface area contributed by atoms with Crippen molar-refractivity contribution in [2.24, 2.45) is 0 Å². The van der Waals surface area contributed by atoms with Crippen LogP contribution in [0.2, 0.25) is 0 Å². The molecule has 192 valence electrons. The Hall–Kier alpha value is -2.81. The van der Waals surface area contributed by atoms with E-state index >= 15 is 0 Å². The Kier molecular flexibility index (Phi) is 12.4. The number of nitrogens with one attached hydrogen (secondary N) is 1. The first-order valence-corrected chi connectivity index (χ1v) is 13.0. The standard InChI is InChI=1S/C26H37BrN4O4/c1-4-7-15-30(19-23-9-8-16-29(23)18-21-10-12-22(27)13-11-21)24(32)20-31(14-5-2)26(34)28-17-25(33)35-6-3/h8-13,16H,4-7,14-15,17-20H2,1-3H3,(H,28,34). The average Bonchev–Trinajstić information content (AvgIpc) is 3.27. The van der Waals surface area contributed by atoms with Crippen LogP contribution in [0.1, 0.15) is 51.3 Å². The number of hydrogen-bond acceptors (Lipinski definition) is 4. The smallest absolute Gasteiger partial charge is 0.325 e. The molecule has 0 aliphatic rings. The average molecular weight is 550 g/mol. The van der Waals surface area contributed by atoms with E-state index in [0.29, 0.717) is 32.6 Å². The molecule has 0 spiro atoms. The summed E-state index contributed by atoms with van der Waals surface area (Å²) in [6.07, 6.45) is 4.56. The molecule has 0 radical (unpaired) electrons. The molecule has 8 nitrogen and oxygen atoms in total. The van der Waals surface area contributed by atoms with Crippen molar-refractivity contribution in [1.82, 2.24) is 19.7 Å². The molecule has 0 atom stereocenters. The summed E-state index contributed by atoms with van der Waals surface area (Å²) in [6, 6.07) is 11.8. The Morgan fingerprint density at radius 3 is 2.40 bits per heavy atom. The SMILES string of the molecule is CCCCN(Cc1cccn1Cc1ccc(Br)cc1)C(=O)CN(CCC)C(=O)NCC(=O)OCC. The minimum atomic E-state index is -0.500. The molecule has 2 rings (SSSR count).